The minimum atomic E-state index is -0.554. The second-order valence-electron chi connectivity index (χ2n) is 5.67. The highest BCUT2D eigenvalue weighted by Crippen LogP contribution is 2.43. The third-order valence-electron chi connectivity index (χ3n) is 4.34. The van der Waals surface area contributed by atoms with Crippen molar-refractivity contribution in [3.8, 4) is 0 Å². The van der Waals surface area contributed by atoms with Gasteiger partial charge in [-0.1, -0.05) is 23.7 Å². The third kappa shape index (κ3) is 2.77. The lowest BCUT2D eigenvalue weighted by Crippen LogP contribution is -2.41. The van der Waals surface area contributed by atoms with Crippen molar-refractivity contribution in [1.82, 2.24) is 0 Å². The molecule has 1 aromatic rings. The molecule has 0 saturated carbocycles. The van der Waals surface area contributed by atoms with E-state index in [1.807, 2.05) is 18.2 Å². The lowest BCUT2D eigenvalue weighted by Gasteiger charge is -2.39. The summed E-state index contributed by atoms with van der Waals surface area (Å²) in [6.07, 6.45) is 2.05. The predicted octanol–water partition coefficient (Wildman–Crippen LogP) is 3.72. The van der Waals surface area contributed by atoms with Crippen LogP contribution in [0.2, 0.25) is 5.02 Å². The third-order valence-corrected chi connectivity index (χ3v) is 5.66. The molecule has 110 valence electrons. The molecule has 3 atom stereocenters. The van der Waals surface area contributed by atoms with Crippen LogP contribution in [0.25, 0.3) is 0 Å². The molecule has 0 radical (unpaired) electrons. The van der Waals surface area contributed by atoms with Crippen LogP contribution < -0.4 is 0 Å². The summed E-state index contributed by atoms with van der Waals surface area (Å²) in [5.41, 5.74) is 0.601. The Balaban J connectivity index is 1.79. The summed E-state index contributed by atoms with van der Waals surface area (Å²) < 4.78 is 12.2. The Morgan fingerprint density at radius 2 is 2.25 bits per heavy atom. The van der Waals surface area contributed by atoms with Gasteiger partial charge in [0.05, 0.1) is 23.3 Å². The van der Waals surface area contributed by atoms with Crippen LogP contribution in [0.4, 0.5) is 0 Å². The number of aliphatic hydroxyl groups is 1. The van der Waals surface area contributed by atoms with Gasteiger partial charge >= 0.3 is 0 Å². The molecule has 2 saturated heterocycles. The van der Waals surface area contributed by atoms with Crippen molar-refractivity contribution in [2.45, 2.75) is 31.0 Å². The van der Waals surface area contributed by atoms with Gasteiger partial charge in [-0.2, -0.15) is 0 Å². The summed E-state index contributed by atoms with van der Waals surface area (Å²) in [4.78, 5) is 0. The molecule has 3 unspecified atom stereocenters. The van der Waals surface area contributed by atoms with E-state index in [0.717, 1.165) is 35.9 Å². The standard InChI is InChI=1S/C15H18BrClO3/c16-12-3-1-2-11(13(12)17)14(18)10-4-6-20-15(8-10)5-7-19-9-15/h1-3,10,14,18H,4-9H2. The van der Waals surface area contributed by atoms with E-state index in [-0.39, 0.29) is 11.5 Å². The number of hydrogen-bond acceptors (Lipinski definition) is 3. The summed E-state index contributed by atoms with van der Waals surface area (Å²) in [5, 5.41) is 11.3. The Morgan fingerprint density at radius 3 is 3.00 bits per heavy atom. The molecule has 1 aromatic carbocycles. The van der Waals surface area contributed by atoms with Crippen molar-refractivity contribution in [3.05, 3.63) is 33.3 Å². The lowest BCUT2D eigenvalue weighted by atomic mass is 9.80. The number of aliphatic hydroxyl groups excluding tert-OH is 1. The SMILES string of the molecule is OC(c1cccc(Br)c1Cl)C1CCOC2(CCOC2)C1. The minimum absolute atomic E-state index is 0.164. The van der Waals surface area contributed by atoms with E-state index in [9.17, 15) is 5.11 Å². The Morgan fingerprint density at radius 1 is 1.40 bits per heavy atom. The maximum absolute atomic E-state index is 10.7. The van der Waals surface area contributed by atoms with Crippen LogP contribution in [0.5, 0.6) is 0 Å². The Bertz CT molecular complexity index is 488. The fourth-order valence-corrected chi connectivity index (χ4v) is 3.82. The maximum atomic E-state index is 10.7. The molecule has 20 heavy (non-hydrogen) atoms. The van der Waals surface area contributed by atoms with Crippen LogP contribution in [0, 0.1) is 5.92 Å². The molecule has 2 aliphatic rings. The maximum Gasteiger partial charge on any atom is 0.0940 e. The number of rotatable bonds is 2. The first-order valence-corrected chi connectivity index (χ1v) is 8.12. The highest BCUT2D eigenvalue weighted by Gasteiger charge is 2.43. The molecule has 2 aliphatic heterocycles. The molecule has 1 N–H and O–H groups in total. The highest BCUT2D eigenvalue weighted by atomic mass is 79.9. The fourth-order valence-electron chi connectivity index (χ4n) is 3.20. The summed E-state index contributed by atoms with van der Waals surface area (Å²) in [6, 6.07) is 5.68. The van der Waals surface area contributed by atoms with Gasteiger partial charge < -0.3 is 14.6 Å². The number of benzene rings is 1. The smallest absolute Gasteiger partial charge is 0.0940 e. The van der Waals surface area contributed by atoms with Gasteiger partial charge in [-0.3, -0.25) is 0 Å². The van der Waals surface area contributed by atoms with Crippen LogP contribution in [0.15, 0.2) is 22.7 Å². The van der Waals surface area contributed by atoms with Crippen molar-refractivity contribution in [3.63, 3.8) is 0 Å². The van der Waals surface area contributed by atoms with Crippen LogP contribution in [-0.2, 0) is 9.47 Å². The van der Waals surface area contributed by atoms with E-state index >= 15 is 0 Å². The van der Waals surface area contributed by atoms with E-state index in [4.69, 9.17) is 21.1 Å². The molecule has 0 aromatic heterocycles. The normalized spacial score (nSPS) is 31.6. The molecule has 3 rings (SSSR count). The molecule has 2 fully saturated rings. The Hall–Kier alpha value is -0.130. The van der Waals surface area contributed by atoms with Gasteiger partial charge in [0.2, 0.25) is 0 Å². The zero-order valence-electron chi connectivity index (χ0n) is 11.1. The van der Waals surface area contributed by atoms with Crippen molar-refractivity contribution in [2.24, 2.45) is 5.92 Å². The van der Waals surface area contributed by atoms with Gasteiger partial charge in [0.1, 0.15) is 0 Å². The number of ether oxygens (including phenoxy) is 2. The fraction of sp³-hybridized carbons (Fsp3) is 0.600. The molecule has 0 bridgehead atoms. The summed E-state index contributed by atoms with van der Waals surface area (Å²) in [7, 11) is 0. The summed E-state index contributed by atoms with van der Waals surface area (Å²) in [6.45, 7) is 2.07. The monoisotopic (exact) mass is 360 g/mol. The molecular formula is C15H18BrClO3. The molecule has 2 heterocycles. The Kier molecular flexibility index (Phi) is 4.39. The largest absolute Gasteiger partial charge is 0.388 e. The van der Waals surface area contributed by atoms with Crippen molar-refractivity contribution in [2.75, 3.05) is 19.8 Å². The molecular weight excluding hydrogens is 344 g/mol. The average molecular weight is 362 g/mol. The second-order valence-corrected chi connectivity index (χ2v) is 6.91. The zero-order valence-corrected chi connectivity index (χ0v) is 13.5. The van der Waals surface area contributed by atoms with Crippen molar-refractivity contribution >= 4 is 27.5 Å². The van der Waals surface area contributed by atoms with Gasteiger partial charge in [0.15, 0.2) is 0 Å². The second kappa shape index (κ2) is 5.93. The van der Waals surface area contributed by atoms with Gasteiger partial charge in [0, 0.05) is 29.7 Å². The molecule has 5 heteroatoms. The molecule has 0 aliphatic carbocycles. The van der Waals surface area contributed by atoms with Gasteiger partial charge in [-0.25, -0.2) is 0 Å². The van der Waals surface area contributed by atoms with E-state index in [1.165, 1.54) is 0 Å². The number of hydrogen-bond donors (Lipinski definition) is 1. The summed E-state index contributed by atoms with van der Waals surface area (Å²) in [5.74, 6) is 0.164. The van der Waals surface area contributed by atoms with E-state index < -0.39 is 6.10 Å². The summed E-state index contributed by atoms with van der Waals surface area (Å²) >= 11 is 9.71. The average Bonchev–Trinajstić information content (AvgIpc) is 2.89. The first-order valence-electron chi connectivity index (χ1n) is 6.95. The quantitative estimate of drug-likeness (QED) is 0.872. The van der Waals surface area contributed by atoms with E-state index in [0.29, 0.717) is 18.2 Å². The van der Waals surface area contributed by atoms with Crippen molar-refractivity contribution in [1.29, 1.82) is 0 Å². The van der Waals surface area contributed by atoms with Gasteiger partial charge in [-0.15, -0.1) is 0 Å². The zero-order chi connectivity index (χ0) is 14.2. The topological polar surface area (TPSA) is 38.7 Å². The highest BCUT2D eigenvalue weighted by molar-refractivity contribution is 9.10. The van der Waals surface area contributed by atoms with Gasteiger partial charge in [-0.05, 0) is 40.8 Å². The van der Waals surface area contributed by atoms with Crippen LogP contribution in [0.1, 0.15) is 30.9 Å². The molecule has 1 spiro atoms. The lowest BCUT2D eigenvalue weighted by molar-refractivity contribution is -0.117. The first kappa shape index (κ1) is 14.8. The predicted molar refractivity (Wildman–Crippen MR) is 81.0 cm³/mol. The molecule has 0 amide bonds. The minimum Gasteiger partial charge on any atom is -0.388 e. The van der Waals surface area contributed by atoms with E-state index in [2.05, 4.69) is 15.9 Å². The first-order chi connectivity index (χ1) is 9.61. The van der Waals surface area contributed by atoms with Gasteiger partial charge in [0.25, 0.3) is 0 Å². The molecule has 3 nitrogen and oxygen atoms in total. The Labute approximate surface area is 132 Å². The van der Waals surface area contributed by atoms with Crippen LogP contribution in [-0.4, -0.2) is 30.5 Å². The van der Waals surface area contributed by atoms with Crippen LogP contribution in [0.3, 0.4) is 0 Å². The number of halogens is 2. The van der Waals surface area contributed by atoms with E-state index in [1.54, 1.807) is 0 Å². The van der Waals surface area contributed by atoms with Crippen LogP contribution >= 0.6 is 27.5 Å². The van der Waals surface area contributed by atoms with Crippen molar-refractivity contribution < 1.29 is 14.6 Å².